The number of hydrogen-bond donors (Lipinski definition) is 1. The zero-order chi connectivity index (χ0) is 12.3. The molecule has 0 atom stereocenters. The number of anilines is 1. The number of carbonyl (C=O) groups excluding carboxylic acids is 2. The highest BCUT2D eigenvalue weighted by Gasteiger charge is 2.20. The van der Waals surface area contributed by atoms with Gasteiger partial charge in [0.1, 0.15) is 0 Å². The third-order valence-electron chi connectivity index (χ3n) is 3.25. The highest BCUT2D eigenvalue weighted by atomic mass is 16.1. The lowest BCUT2D eigenvalue weighted by molar-refractivity contribution is -0.117. The number of Topliss-reactive ketones (excluding diaryl/α,β-unsaturated/α-hetero) is 1. The van der Waals surface area contributed by atoms with Crippen LogP contribution in [0.25, 0.3) is 0 Å². The summed E-state index contributed by atoms with van der Waals surface area (Å²) in [5.41, 5.74) is 1.34. The fourth-order valence-electron chi connectivity index (χ4n) is 1.99. The van der Waals surface area contributed by atoms with Gasteiger partial charge in [0, 0.05) is 17.7 Å². The molecule has 0 radical (unpaired) electrons. The molecular formula is C14H17NO2. The van der Waals surface area contributed by atoms with Crippen LogP contribution >= 0.6 is 0 Å². The first-order chi connectivity index (χ1) is 8.15. The lowest BCUT2D eigenvalue weighted by Gasteiger charge is -2.24. The van der Waals surface area contributed by atoms with Crippen molar-refractivity contribution in [3.05, 3.63) is 29.8 Å². The van der Waals surface area contributed by atoms with Crippen molar-refractivity contribution in [2.75, 3.05) is 5.32 Å². The molecular weight excluding hydrogens is 214 g/mol. The summed E-state index contributed by atoms with van der Waals surface area (Å²) in [6.45, 7) is 1.52. The summed E-state index contributed by atoms with van der Waals surface area (Å²) >= 11 is 0. The van der Waals surface area contributed by atoms with Crippen LogP contribution < -0.4 is 5.32 Å². The van der Waals surface area contributed by atoms with Crippen LogP contribution in [0.3, 0.4) is 0 Å². The molecule has 1 aromatic rings. The van der Waals surface area contributed by atoms with Crippen molar-refractivity contribution in [1.82, 2.24) is 0 Å². The lowest BCUT2D eigenvalue weighted by atomic mass is 9.83. The van der Waals surface area contributed by atoms with Gasteiger partial charge in [-0.25, -0.2) is 0 Å². The Morgan fingerprint density at radius 3 is 2.71 bits per heavy atom. The molecule has 2 rings (SSSR count). The molecule has 1 N–H and O–H groups in total. The Bertz CT molecular complexity index is 436. The molecule has 1 aromatic carbocycles. The highest BCUT2D eigenvalue weighted by Crippen LogP contribution is 2.29. The molecule has 17 heavy (non-hydrogen) atoms. The second kappa shape index (κ2) is 5.13. The number of ketones is 1. The van der Waals surface area contributed by atoms with E-state index in [0.29, 0.717) is 23.6 Å². The Hall–Kier alpha value is -1.64. The molecule has 0 saturated heterocycles. The van der Waals surface area contributed by atoms with Crippen LogP contribution in [0.5, 0.6) is 0 Å². The number of hydrogen-bond acceptors (Lipinski definition) is 2. The largest absolute Gasteiger partial charge is 0.326 e. The van der Waals surface area contributed by atoms with Gasteiger partial charge >= 0.3 is 0 Å². The van der Waals surface area contributed by atoms with Crippen LogP contribution in [0.2, 0.25) is 0 Å². The first-order valence-corrected chi connectivity index (χ1v) is 6.06. The monoisotopic (exact) mass is 231 g/mol. The summed E-state index contributed by atoms with van der Waals surface area (Å²) in [4.78, 5) is 22.9. The third-order valence-corrected chi connectivity index (χ3v) is 3.25. The maximum atomic E-state index is 11.7. The molecule has 1 amide bonds. The lowest BCUT2D eigenvalue weighted by Crippen LogP contribution is -2.20. The van der Waals surface area contributed by atoms with Gasteiger partial charge in [-0.05, 0) is 37.8 Å². The van der Waals surface area contributed by atoms with E-state index in [1.54, 1.807) is 18.2 Å². The number of rotatable bonds is 4. The number of benzene rings is 1. The average molecular weight is 231 g/mol. The first kappa shape index (κ1) is 11.8. The van der Waals surface area contributed by atoms with E-state index < -0.39 is 0 Å². The predicted octanol–water partition coefficient (Wildman–Crippen LogP) is 3.02. The van der Waals surface area contributed by atoms with Gasteiger partial charge in [0.25, 0.3) is 0 Å². The normalized spacial score (nSPS) is 15.1. The molecule has 0 spiro atoms. The minimum atomic E-state index is 0.0140. The van der Waals surface area contributed by atoms with Gasteiger partial charge in [-0.2, -0.15) is 0 Å². The minimum absolute atomic E-state index is 0.0140. The maximum absolute atomic E-state index is 11.7. The molecule has 3 nitrogen and oxygen atoms in total. The van der Waals surface area contributed by atoms with Gasteiger partial charge in [0.05, 0.1) is 0 Å². The Balaban J connectivity index is 1.95. The summed E-state index contributed by atoms with van der Waals surface area (Å²) < 4.78 is 0. The van der Waals surface area contributed by atoms with Crippen LogP contribution in [0.1, 0.15) is 43.0 Å². The molecule has 1 fully saturated rings. The van der Waals surface area contributed by atoms with E-state index in [0.717, 1.165) is 0 Å². The van der Waals surface area contributed by atoms with Gasteiger partial charge in [0.15, 0.2) is 5.78 Å². The van der Waals surface area contributed by atoms with Crippen LogP contribution in [0, 0.1) is 5.92 Å². The standard InChI is InChI=1S/C14H17NO2/c1-10(16)12-6-3-7-13(9-12)15-14(17)8-11-4-2-5-11/h3,6-7,9,11H,2,4-5,8H2,1H3,(H,15,17). The van der Waals surface area contributed by atoms with Crippen LogP contribution in [-0.2, 0) is 4.79 Å². The zero-order valence-electron chi connectivity index (χ0n) is 10.0. The summed E-state index contributed by atoms with van der Waals surface area (Å²) in [5.74, 6) is 0.626. The Labute approximate surface area is 101 Å². The molecule has 0 unspecified atom stereocenters. The minimum Gasteiger partial charge on any atom is -0.326 e. The van der Waals surface area contributed by atoms with Crippen molar-refractivity contribution in [2.45, 2.75) is 32.6 Å². The quantitative estimate of drug-likeness (QED) is 0.809. The summed E-state index contributed by atoms with van der Waals surface area (Å²) in [5, 5.41) is 2.85. The Kier molecular flexibility index (Phi) is 3.57. The fraction of sp³-hybridized carbons (Fsp3) is 0.429. The van der Waals surface area contributed by atoms with E-state index in [2.05, 4.69) is 5.32 Å². The maximum Gasteiger partial charge on any atom is 0.224 e. The summed E-state index contributed by atoms with van der Waals surface area (Å²) in [7, 11) is 0. The molecule has 1 aliphatic rings. The van der Waals surface area contributed by atoms with Crippen molar-refractivity contribution >= 4 is 17.4 Å². The zero-order valence-corrected chi connectivity index (χ0v) is 10.0. The second-order valence-electron chi connectivity index (χ2n) is 4.69. The van der Waals surface area contributed by atoms with Crippen molar-refractivity contribution in [3.63, 3.8) is 0 Å². The van der Waals surface area contributed by atoms with Crippen LogP contribution in [-0.4, -0.2) is 11.7 Å². The predicted molar refractivity (Wildman–Crippen MR) is 67.0 cm³/mol. The van der Waals surface area contributed by atoms with Crippen molar-refractivity contribution in [3.8, 4) is 0 Å². The van der Waals surface area contributed by atoms with Gasteiger partial charge < -0.3 is 5.32 Å². The van der Waals surface area contributed by atoms with Gasteiger partial charge in [-0.1, -0.05) is 18.6 Å². The van der Waals surface area contributed by atoms with Crippen molar-refractivity contribution in [2.24, 2.45) is 5.92 Å². The molecule has 0 aliphatic heterocycles. The third kappa shape index (κ3) is 3.16. The van der Waals surface area contributed by atoms with Crippen molar-refractivity contribution in [1.29, 1.82) is 0 Å². The van der Waals surface area contributed by atoms with E-state index >= 15 is 0 Å². The number of carbonyl (C=O) groups is 2. The summed E-state index contributed by atoms with van der Waals surface area (Å²) in [6, 6.07) is 7.08. The van der Waals surface area contributed by atoms with Crippen LogP contribution in [0.4, 0.5) is 5.69 Å². The van der Waals surface area contributed by atoms with Gasteiger partial charge in [-0.3, -0.25) is 9.59 Å². The number of nitrogens with one attached hydrogen (secondary N) is 1. The first-order valence-electron chi connectivity index (χ1n) is 6.06. The molecule has 0 heterocycles. The van der Waals surface area contributed by atoms with Crippen LogP contribution in [0.15, 0.2) is 24.3 Å². The highest BCUT2D eigenvalue weighted by molar-refractivity contribution is 5.97. The van der Waals surface area contributed by atoms with E-state index in [-0.39, 0.29) is 11.7 Å². The number of amides is 1. The molecule has 1 saturated carbocycles. The second-order valence-corrected chi connectivity index (χ2v) is 4.69. The SMILES string of the molecule is CC(=O)c1cccc(NC(=O)CC2CCC2)c1. The summed E-state index contributed by atoms with van der Waals surface area (Å²) in [6.07, 6.45) is 4.18. The van der Waals surface area contributed by atoms with E-state index in [9.17, 15) is 9.59 Å². The molecule has 0 bridgehead atoms. The Morgan fingerprint density at radius 1 is 1.35 bits per heavy atom. The average Bonchev–Trinajstić information content (AvgIpc) is 2.24. The molecule has 1 aliphatic carbocycles. The van der Waals surface area contributed by atoms with Crippen molar-refractivity contribution < 1.29 is 9.59 Å². The molecule has 0 aromatic heterocycles. The molecule has 90 valence electrons. The van der Waals surface area contributed by atoms with E-state index in [4.69, 9.17) is 0 Å². The van der Waals surface area contributed by atoms with Gasteiger partial charge in [0.2, 0.25) is 5.91 Å². The Morgan fingerprint density at radius 2 is 2.12 bits per heavy atom. The van der Waals surface area contributed by atoms with E-state index in [1.165, 1.54) is 26.2 Å². The smallest absolute Gasteiger partial charge is 0.224 e. The fourth-order valence-corrected chi connectivity index (χ4v) is 1.99. The van der Waals surface area contributed by atoms with E-state index in [1.807, 2.05) is 6.07 Å². The molecule has 3 heteroatoms. The van der Waals surface area contributed by atoms with Gasteiger partial charge in [-0.15, -0.1) is 0 Å². The topological polar surface area (TPSA) is 46.2 Å².